The number of amides is 1. The Balaban J connectivity index is 1.62. The molecule has 0 bridgehead atoms. The van der Waals surface area contributed by atoms with Gasteiger partial charge in [0.1, 0.15) is 5.82 Å². The van der Waals surface area contributed by atoms with E-state index in [0.29, 0.717) is 11.4 Å². The van der Waals surface area contributed by atoms with Crippen LogP contribution in [0.1, 0.15) is 37.2 Å². The molecule has 0 aliphatic rings. The van der Waals surface area contributed by atoms with Gasteiger partial charge in [-0.1, -0.05) is 42.5 Å². The van der Waals surface area contributed by atoms with Crippen molar-refractivity contribution in [3.05, 3.63) is 72.4 Å². The molecule has 1 aromatic heterocycles. The van der Waals surface area contributed by atoms with Crippen LogP contribution in [-0.2, 0) is 9.53 Å². The lowest BCUT2D eigenvalue weighted by Crippen LogP contribution is -2.31. The summed E-state index contributed by atoms with van der Waals surface area (Å²) in [5.74, 6) is -0.383. The van der Waals surface area contributed by atoms with Crippen LogP contribution in [0.15, 0.2) is 66.9 Å². The average molecular weight is 377 g/mol. The van der Waals surface area contributed by atoms with E-state index in [1.54, 1.807) is 36.0 Å². The zero-order chi connectivity index (χ0) is 20.1. The highest BCUT2D eigenvalue weighted by atomic mass is 16.5. The largest absolute Gasteiger partial charge is 0.449 e. The van der Waals surface area contributed by atoms with Crippen LogP contribution in [0, 0.1) is 0 Å². The Morgan fingerprint density at radius 3 is 2.21 bits per heavy atom. The number of anilines is 1. The Morgan fingerprint density at radius 2 is 1.57 bits per heavy atom. The molecule has 144 valence electrons. The number of hydrogen-bond acceptors (Lipinski definition) is 4. The fourth-order valence-corrected chi connectivity index (χ4v) is 2.76. The predicted octanol–water partition coefficient (Wildman–Crippen LogP) is 4.32. The van der Waals surface area contributed by atoms with E-state index in [1.807, 2.05) is 56.3 Å². The molecule has 1 N–H and O–H groups in total. The van der Waals surface area contributed by atoms with E-state index in [0.717, 1.165) is 11.1 Å². The fraction of sp³-hybridized carbons (Fsp3) is 0.227. The number of ether oxygens (including phenoxy) is 1. The first kappa shape index (κ1) is 19.4. The standard InChI is InChI=1S/C22H23N3O3/c1-15(2)25-20(13-14-23-25)24-21(26)16(3)28-22(27)19-11-9-18(10-12-19)17-7-5-4-6-8-17/h4-16H,1-3H3,(H,24,26)/t16-/m0/s1. The van der Waals surface area contributed by atoms with Gasteiger partial charge in [-0.3, -0.25) is 4.79 Å². The molecule has 0 radical (unpaired) electrons. The van der Waals surface area contributed by atoms with E-state index in [4.69, 9.17) is 4.74 Å². The number of nitrogens with one attached hydrogen (secondary N) is 1. The van der Waals surface area contributed by atoms with Crippen LogP contribution in [-0.4, -0.2) is 27.8 Å². The molecule has 1 amide bonds. The number of rotatable bonds is 6. The minimum Gasteiger partial charge on any atom is -0.449 e. The van der Waals surface area contributed by atoms with Crippen LogP contribution in [0.4, 0.5) is 5.82 Å². The third kappa shape index (κ3) is 4.46. The van der Waals surface area contributed by atoms with Crippen molar-refractivity contribution in [3.63, 3.8) is 0 Å². The maximum Gasteiger partial charge on any atom is 0.338 e. The number of benzene rings is 2. The van der Waals surface area contributed by atoms with Crippen molar-refractivity contribution in [2.24, 2.45) is 0 Å². The van der Waals surface area contributed by atoms with Crippen LogP contribution in [0.5, 0.6) is 0 Å². The third-order valence-electron chi connectivity index (χ3n) is 4.29. The molecule has 1 atom stereocenters. The van der Waals surface area contributed by atoms with Crippen molar-refractivity contribution >= 4 is 17.7 Å². The van der Waals surface area contributed by atoms with Crippen molar-refractivity contribution in [2.75, 3.05) is 5.32 Å². The van der Waals surface area contributed by atoms with Crippen molar-refractivity contribution in [3.8, 4) is 11.1 Å². The van der Waals surface area contributed by atoms with Gasteiger partial charge >= 0.3 is 5.97 Å². The molecule has 28 heavy (non-hydrogen) atoms. The topological polar surface area (TPSA) is 73.2 Å². The number of carbonyl (C=O) groups is 2. The van der Waals surface area contributed by atoms with Gasteiger partial charge in [0.25, 0.3) is 5.91 Å². The van der Waals surface area contributed by atoms with Gasteiger partial charge in [-0.15, -0.1) is 0 Å². The molecule has 0 aliphatic carbocycles. The summed E-state index contributed by atoms with van der Waals surface area (Å²) in [5.41, 5.74) is 2.47. The summed E-state index contributed by atoms with van der Waals surface area (Å²) in [7, 11) is 0. The monoisotopic (exact) mass is 377 g/mol. The van der Waals surface area contributed by atoms with Gasteiger partial charge in [0.15, 0.2) is 6.10 Å². The van der Waals surface area contributed by atoms with E-state index >= 15 is 0 Å². The Morgan fingerprint density at radius 1 is 0.929 bits per heavy atom. The lowest BCUT2D eigenvalue weighted by atomic mass is 10.0. The maximum atomic E-state index is 12.4. The molecule has 2 aromatic carbocycles. The first-order valence-electron chi connectivity index (χ1n) is 9.16. The summed E-state index contributed by atoms with van der Waals surface area (Å²) >= 11 is 0. The fourth-order valence-electron chi connectivity index (χ4n) is 2.76. The van der Waals surface area contributed by atoms with Gasteiger partial charge in [0, 0.05) is 12.1 Å². The quantitative estimate of drug-likeness (QED) is 0.650. The molecular formula is C22H23N3O3. The van der Waals surface area contributed by atoms with Gasteiger partial charge in [0.05, 0.1) is 11.8 Å². The minimum absolute atomic E-state index is 0.103. The van der Waals surface area contributed by atoms with Crippen molar-refractivity contribution in [1.82, 2.24) is 9.78 Å². The van der Waals surface area contributed by atoms with Crippen LogP contribution in [0.25, 0.3) is 11.1 Å². The van der Waals surface area contributed by atoms with Gasteiger partial charge in [-0.05, 0) is 44.0 Å². The predicted molar refractivity (Wildman–Crippen MR) is 108 cm³/mol. The van der Waals surface area contributed by atoms with E-state index in [1.165, 1.54) is 0 Å². The molecule has 1 heterocycles. The number of nitrogens with zero attached hydrogens (tertiary/aromatic N) is 2. The van der Waals surface area contributed by atoms with Crippen LogP contribution < -0.4 is 5.32 Å². The van der Waals surface area contributed by atoms with Crippen LogP contribution in [0.2, 0.25) is 0 Å². The second-order valence-corrected chi connectivity index (χ2v) is 6.73. The molecule has 0 fully saturated rings. The molecule has 0 unspecified atom stereocenters. The third-order valence-corrected chi connectivity index (χ3v) is 4.29. The smallest absolute Gasteiger partial charge is 0.338 e. The molecule has 6 nitrogen and oxygen atoms in total. The molecule has 3 aromatic rings. The molecule has 0 spiro atoms. The van der Waals surface area contributed by atoms with Gasteiger partial charge in [-0.2, -0.15) is 5.10 Å². The molecule has 6 heteroatoms. The van der Waals surface area contributed by atoms with Crippen molar-refractivity contribution in [1.29, 1.82) is 0 Å². The minimum atomic E-state index is -0.934. The summed E-state index contributed by atoms with van der Waals surface area (Å²) in [6, 6.07) is 18.8. The summed E-state index contributed by atoms with van der Waals surface area (Å²) in [5, 5.41) is 6.91. The van der Waals surface area contributed by atoms with E-state index < -0.39 is 18.0 Å². The Hall–Kier alpha value is -3.41. The second kappa shape index (κ2) is 8.52. The normalized spacial score (nSPS) is 11.9. The van der Waals surface area contributed by atoms with E-state index in [-0.39, 0.29) is 6.04 Å². The Labute approximate surface area is 164 Å². The average Bonchev–Trinajstić information content (AvgIpc) is 3.17. The maximum absolute atomic E-state index is 12.4. The highest BCUT2D eigenvalue weighted by Gasteiger charge is 2.20. The number of esters is 1. The zero-order valence-corrected chi connectivity index (χ0v) is 16.1. The summed E-state index contributed by atoms with van der Waals surface area (Å²) in [4.78, 5) is 24.7. The van der Waals surface area contributed by atoms with Crippen molar-refractivity contribution < 1.29 is 14.3 Å². The molecule has 0 aliphatic heterocycles. The first-order chi connectivity index (χ1) is 13.5. The Kier molecular flexibility index (Phi) is 5.89. The zero-order valence-electron chi connectivity index (χ0n) is 16.1. The van der Waals surface area contributed by atoms with E-state index in [9.17, 15) is 9.59 Å². The van der Waals surface area contributed by atoms with Crippen LogP contribution >= 0.6 is 0 Å². The highest BCUT2D eigenvalue weighted by Crippen LogP contribution is 2.20. The Bertz CT molecular complexity index is 947. The van der Waals surface area contributed by atoms with Gasteiger partial charge < -0.3 is 10.1 Å². The van der Waals surface area contributed by atoms with Gasteiger partial charge in [0.2, 0.25) is 0 Å². The summed E-state index contributed by atoms with van der Waals surface area (Å²) in [6.07, 6.45) is 0.678. The van der Waals surface area contributed by atoms with E-state index in [2.05, 4.69) is 10.4 Å². The highest BCUT2D eigenvalue weighted by molar-refractivity contribution is 5.97. The number of carbonyl (C=O) groups excluding carboxylic acids is 2. The van der Waals surface area contributed by atoms with Gasteiger partial charge in [-0.25, -0.2) is 9.48 Å². The number of hydrogen-bond donors (Lipinski definition) is 1. The number of aromatic nitrogens is 2. The van der Waals surface area contributed by atoms with Crippen molar-refractivity contribution in [2.45, 2.75) is 32.9 Å². The second-order valence-electron chi connectivity index (χ2n) is 6.73. The molecule has 0 saturated carbocycles. The summed E-state index contributed by atoms with van der Waals surface area (Å²) in [6.45, 7) is 5.47. The van der Waals surface area contributed by atoms with Crippen LogP contribution in [0.3, 0.4) is 0 Å². The SMILES string of the molecule is CC(C)n1nccc1NC(=O)[C@H](C)OC(=O)c1ccc(-c2ccccc2)cc1. The molecule has 3 rings (SSSR count). The lowest BCUT2D eigenvalue weighted by Gasteiger charge is -2.16. The lowest BCUT2D eigenvalue weighted by molar-refractivity contribution is -0.123. The molecular weight excluding hydrogens is 354 g/mol. The molecule has 0 saturated heterocycles. The first-order valence-corrected chi connectivity index (χ1v) is 9.16. The summed E-state index contributed by atoms with van der Waals surface area (Å²) < 4.78 is 7.00.